The summed E-state index contributed by atoms with van der Waals surface area (Å²) in [7, 11) is 1.60. The van der Waals surface area contributed by atoms with Crippen molar-refractivity contribution in [2.75, 3.05) is 7.11 Å². The van der Waals surface area contributed by atoms with Gasteiger partial charge in [-0.05, 0) is 93.3 Å². The molecule has 5 nitrogen and oxygen atoms in total. The molecule has 0 bridgehead atoms. The second-order valence-electron chi connectivity index (χ2n) is 7.28. The normalized spacial score (nSPS) is 11.5. The first-order valence-corrected chi connectivity index (χ1v) is 8.96. The standard InChI is InChI=1S/C23H26O5/c1-14-13-18(8-10-20(14)27-6)19(24)9-7-17-11-15(2)21(16(3)12-17)28-23(4,5)22(25)26/h7-13H,1-6H3,(H,25,26)/b9-7+. The van der Waals surface area contributed by atoms with Gasteiger partial charge in [-0.1, -0.05) is 6.08 Å². The number of carboxylic acid groups (broad SMARTS) is 1. The van der Waals surface area contributed by atoms with Gasteiger partial charge in [-0.25, -0.2) is 4.79 Å². The summed E-state index contributed by atoms with van der Waals surface area (Å²) < 4.78 is 10.9. The highest BCUT2D eigenvalue weighted by atomic mass is 16.5. The lowest BCUT2D eigenvalue weighted by molar-refractivity contribution is -0.152. The number of ether oxygens (including phenoxy) is 2. The minimum atomic E-state index is -1.32. The van der Waals surface area contributed by atoms with Gasteiger partial charge in [-0.15, -0.1) is 0 Å². The number of carbonyl (C=O) groups is 2. The summed E-state index contributed by atoms with van der Waals surface area (Å²) in [6, 6.07) is 9.04. The Morgan fingerprint density at radius 2 is 1.61 bits per heavy atom. The van der Waals surface area contributed by atoms with E-state index in [1.165, 1.54) is 19.9 Å². The van der Waals surface area contributed by atoms with Crippen LogP contribution in [0.1, 0.15) is 46.5 Å². The molecule has 0 spiro atoms. The number of rotatable bonds is 7. The fraction of sp³-hybridized carbons (Fsp3) is 0.304. The zero-order valence-electron chi connectivity index (χ0n) is 17.1. The first kappa shape index (κ1) is 21.2. The summed E-state index contributed by atoms with van der Waals surface area (Å²) in [5, 5.41) is 9.26. The summed E-state index contributed by atoms with van der Waals surface area (Å²) in [4.78, 5) is 23.8. The zero-order valence-corrected chi connectivity index (χ0v) is 17.1. The molecule has 28 heavy (non-hydrogen) atoms. The minimum Gasteiger partial charge on any atom is -0.496 e. The van der Waals surface area contributed by atoms with Crippen molar-refractivity contribution in [3.63, 3.8) is 0 Å². The number of carboxylic acids is 1. The number of benzene rings is 2. The van der Waals surface area contributed by atoms with Crippen molar-refractivity contribution in [2.24, 2.45) is 0 Å². The quantitative estimate of drug-likeness (QED) is 0.552. The van der Waals surface area contributed by atoms with E-state index in [2.05, 4.69) is 0 Å². The highest BCUT2D eigenvalue weighted by Gasteiger charge is 2.30. The van der Waals surface area contributed by atoms with E-state index in [9.17, 15) is 14.7 Å². The van der Waals surface area contributed by atoms with Crippen molar-refractivity contribution in [2.45, 2.75) is 40.2 Å². The molecule has 0 aromatic heterocycles. The van der Waals surface area contributed by atoms with E-state index in [0.717, 1.165) is 28.0 Å². The van der Waals surface area contributed by atoms with Gasteiger partial charge in [0.15, 0.2) is 11.4 Å². The van der Waals surface area contributed by atoms with E-state index < -0.39 is 11.6 Å². The Morgan fingerprint density at radius 3 is 2.11 bits per heavy atom. The van der Waals surface area contributed by atoms with Crippen molar-refractivity contribution in [3.05, 3.63) is 64.2 Å². The van der Waals surface area contributed by atoms with Gasteiger partial charge in [0.1, 0.15) is 11.5 Å². The Morgan fingerprint density at radius 1 is 1.00 bits per heavy atom. The fourth-order valence-corrected chi connectivity index (χ4v) is 2.84. The second kappa shape index (κ2) is 8.30. The molecule has 5 heteroatoms. The third-order valence-electron chi connectivity index (χ3n) is 4.46. The molecule has 0 saturated heterocycles. The smallest absolute Gasteiger partial charge is 0.347 e. The van der Waals surface area contributed by atoms with Crippen LogP contribution in [0.3, 0.4) is 0 Å². The molecule has 1 N–H and O–H groups in total. The average Bonchev–Trinajstić information content (AvgIpc) is 2.62. The molecular weight excluding hydrogens is 356 g/mol. The molecule has 0 atom stereocenters. The molecule has 0 heterocycles. The van der Waals surface area contributed by atoms with Crippen molar-refractivity contribution >= 4 is 17.8 Å². The zero-order chi connectivity index (χ0) is 21.1. The second-order valence-corrected chi connectivity index (χ2v) is 7.28. The van der Waals surface area contributed by atoms with Gasteiger partial charge in [0.25, 0.3) is 0 Å². The Bertz CT molecular complexity index is 915. The van der Waals surface area contributed by atoms with Gasteiger partial charge < -0.3 is 14.6 Å². The number of hydrogen-bond acceptors (Lipinski definition) is 4. The van der Waals surface area contributed by atoms with Gasteiger partial charge in [-0.3, -0.25) is 4.79 Å². The van der Waals surface area contributed by atoms with Crippen LogP contribution in [0.5, 0.6) is 11.5 Å². The summed E-state index contributed by atoms with van der Waals surface area (Å²) in [6.45, 7) is 8.62. The van der Waals surface area contributed by atoms with Gasteiger partial charge in [0.05, 0.1) is 7.11 Å². The molecule has 148 valence electrons. The van der Waals surface area contributed by atoms with E-state index in [1.807, 2.05) is 32.9 Å². The van der Waals surface area contributed by atoms with Gasteiger partial charge in [0.2, 0.25) is 0 Å². The highest BCUT2D eigenvalue weighted by molar-refractivity contribution is 6.07. The molecule has 0 amide bonds. The molecule has 0 aliphatic carbocycles. The first-order chi connectivity index (χ1) is 13.0. The maximum Gasteiger partial charge on any atom is 0.347 e. The van der Waals surface area contributed by atoms with Crippen molar-refractivity contribution in [1.29, 1.82) is 0 Å². The summed E-state index contributed by atoms with van der Waals surface area (Å²) in [5.41, 5.74) is 2.62. The van der Waals surface area contributed by atoms with Crippen LogP contribution in [-0.2, 0) is 4.79 Å². The van der Waals surface area contributed by atoms with Gasteiger partial charge >= 0.3 is 5.97 Å². The number of aliphatic carboxylic acids is 1. The molecule has 2 aromatic rings. The van der Waals surface area contributed by atoms with Crippen LogP contribution in [0.4, 0.5) is 0 Å². The van der Waals surface area contributed by atoms with Crippen LogP contribution in [0.2, 0.25) is 0 Å². The van der Waals surface area contributed by atoms with Crippen LogP contribution in [-0.4, -0.2) is 29.6 Å². The van der Waals surface area contributed by atoms with Crippen LogP contribution in [0.15, 0.2) is 36.4 Å². The lowest BCUT2D eigenvalue weighted by atomic mass is 10.0. The molecule has 0 fully saturated rings. The predicted molar refractivity (Wildman–Crippen MR) is 109 cm³/mol. The molecule has 0 radical (unpaired) electrons. The molecular formula is C23H26O5. The average molecular weight is 382 g/mol. The van der Waals surface area contributed by atoms with E-state index in [1.54, 1.807) is 31.4 Å². The molecule has 0 saturated carbocycles. The summed E-state index contributed by atoms with van der Waals surface area (Å²) in [5.74, 6) is 0.150. The number of hydrogen-bond donors (Lipinski definition) is 1. The van der Waals surface area contributed by atoms with E-state index in [-0.39, 0.29) is 5.78 Å². The van der Waals surface area contributed by atoms with E-state index >= 15 is 0 Å². The van der Waals surface area contributed by atoms with Crippen molar-refractivity contribution in [3.8, 4) is 11.5 Å². The maximum absolute atomic E-state index is 12.5. The van der Waals surface area contributed by atoms with Crippen LogP contribution >= 0.6 is 0 Å². The number of carbonyl (C=O) groups excluding carboxylic acids is 1. The molecule has 2 rings (SSSR count). The monoisotopic (exact) mass is 382 g/mol. The maximum atomic E-state index is 12.5. The predicted octanol–water partition coefficient (Wildman–Crippen LogP) is 4.76. The number of ketones is 1. The summed E-state index contributed by atoms with van der Waals surface area (Å²) >= 11 is 0. The molecule has 0 unspecified atom stereocenters. The van der Waals surface area contributed by atoms with Gasteiger partial charge in [0, 0.05) is 5.56 Å². The number of methoxy groups -OCH3 is 1. The van der Waals surface area contributed by atoms with Crippen LogP contribution in [0, 0.1) is 20.8 Å². The number of aryl methyl sites for hydroxylation is 3. The summed E-state index contributed by atoms with van der Waals surface area (Å²) in [6.07, 6.45) is 3.27. The topological polar surface area (TPSA) is 72.8 Å². The van der Waals surface area contributed by atoms with Gasteiger partial charge in [-0.2, -0.15) is 0 Å². The Balaban J connectivity index is 2.24. The molecule has 0 aliphatic rings. The minimum absolute atomic E-state index is 0.103. The van der Waals surface area contributed by atoms with Crippen LogP contribution in [0.25, 0.3) is 6.08 Å². The Kier molecular flexibility index (Phi) is 6.29. The highest BCUT2D eigenvalue weighted by Crippen LogP contribution is 2.29. The first-order valence-electron chi connectivity index (χ1n) is 8.96. The Labute approximate surface area is 165 Å². The van der Waals surface area contributed by atoms with Crippen LogP contribution < -0.4 is 9.47 Å². The number of allylic oxidation sites excluding steroid dienone is 1. The van der Waals surface area contributed by atoms with E-state index in [0.29, 0.717) is 11.3 Å². The lowest BCUT2D eigenvalue weighted by Gasteiger charge is -2.24. The van der Waals surface area contributed by atoms with Crippen molar-refractivity contribution in [1.82, 2.24) is 0 Å². The van der Waals surface area contributed by atoms with E-state index in [4.69, 9.17) is 9.47 Å². The third-order valence-corrected chi connectivity index (χ3v) is 4.46. The molecule has 2 aromatic carbocycles. The SMILES string of the molecule is COc1ccc(C(=O)/C=C/c2cc(C)c(OC(C)(C)C(=O)O)c(C)c2)cc1C. The van der Waals surface area contributed by atoms with Crippen molar-refractivity contribution < 1.29 is 24.2 Å². The lowest BCUT2D eigenvalue weighted by Crippen LogP contribution is -2.38. The largest absolute Gasteiger partial charge is 0.496 e. The molecule has 0 aliphatic heterocycles. The third kappa shape index (κ3) is 4.80. The fourth-order valence-electron chi connectivity index (χ4n) is 2.84. The Hall–Kier alpha value is -3.08.